The second-order valence-electron chi connectivity index (χ2n) is 14.1. The third kappa shape index (κ3) is 5.46. The first kappa shape index (κ1) is 32.6. The molecular weight excluding hydrogens is 697 g/mol. The summed E-state index contributed by atoms with van der Waals surface area (Å²) in [4.78, 5) is 15.7. The first-order chi connectivity index (χ1) is 28.3. The molecule has 268 valence electrons. The third-order valence-electron chi connectivity index (χ3n) is 10.7. The van der Waals surface area contributed by atoms with Gasteiger partial charge in [0.2, 0.25) is 0 Å². The summed E-state index contributed by atoms with van der Waals surface area (Å²) in [5, 5.41) is 0. The van der Waals surface area contributed by atoms with Crippen molar-refractivity contribution in [2.75, 3.05) is 0 Å². The van der Waals surface area contributed by atoms with Crippen LogP contribution in [0.3, 0.4) is 0 Å². The van der Waals surface area contributed by atoms with E-state index in [1.807, 2.05) is 24.3 Å². The van der Waals surface area contributed by atoms with E-state index in [9.17, 15) is 0 Å². The topological polar surface area (TPSA) is 53.5 Å². The van der Waals surface area contributed by atoms with E-state index in [2.05, 4.69) is 196 Å². The Morgan fingerprint density at radius 3 is 1.14 bits per heavy atom. The van der Waals surface area contributed by atoms with E-state index < -0.39 is 0 Å². The molecule has 0 aliphatic heterocycles. The smallest absolute Gasteiger partial charge is 0.145 e. The van der Waals surface area contributed by atoms with E-state index in [-0.39, 0.29) is 0 Å². The highest BCUT2D eigenvalue weighted by Crippen LogP contribution is 2.41. The van der Waals surface area contributed by atoms with Crippen LogP contribution >= 0.6 is 0 Å². The summed E-state index contributed by atoms with van der Waals surface area (Å²) in [6.45, 7) is 0. The molecular formula is C51H34N6. The first-order valence-electron chi connectivity index (χ1n) is 19.1. The fourth-order valence-corrected chi connectivity index (χ4v) is 8.14. The van der Waals surface area contributed by atoms with Crippen LogP contribution in [0, 0.1) is 0 Å². The van der Waals surface area contributed by atoms with E-state index in [1.165, 1.54) is 0 Å². The van der Waals surface area contributed by atoms with Crippen LogP contribution in [0.25, 0.3) is 95.5 Å². The number of aromatic nitrogens is 6. The van der Waals surface area contributed by atoms with Crippen LogP contribution in [0.4, 0.5) is 0 Å². The van der Waals surface area contributed by atoms with Gasteiger partial charge in [0.15, 0.2) is 0 Å². The Balaban J connectivity index is 1.25. The fourth-order valence-electron chi connectivity index (χ4n) is 8.14. The lowest BCUT2D eigenvalue weighted by Crippen LogP contribution is -2.06. The molecule has 11 aromatic rings. The van der Waals surface area contributed by atoms with E-state index in [4.69, 9.17) is 15.0 Å². The maximum atomic E-state index is 5.26. The summed E-state index contributed by atoms with van der Waals surface area (Å²) in [6, 6.07) is 71.9. The average Bonchev–Trinajstić information content (AvgIpc) is 3.99. The van der Waals surface area contributed by atoms with Gasteiger partial charge in [0.1, 0.15) is 17.5 Å². The normalized spacial score (nSPS) is 11.5. The molecule has 0 unspecified atom stereocenters. The molecule has 8 aromatic carbocycles. The Morgan fingerprint density at radius 2 is 0.649 bits per heavy atom. The summed E-state index contributed by atoms with van der Waals surface area (Å²) in [5.74, 6) is 2.64. The van der Waals surface area contributed by atoms with Crippen molar-refractivity contribution < 1.29 is 0 Å². The minimum Gasteiger partial charge on any atom is -0.292 e. The van der Waals surface area contributed by atoms with Gasteiger partial charge in [-0.05, 0) is 60.7 Å². The molecule has 57 heavy (non-hydrogen) atoms. The molecule has 0 amide bonds. The van der Waals surface area contributed by atoms with E-state index in [0.29, 0.717) is 0 Å². The fraction of sp³-hybridized carbons (Fsp3) is 0. The van der Waals surface area contributed by atoms with Crippen LogP contribution < -0.4 is 0 Å². The molecule has 11 rings (SSSR count). The van der Waals surface area contributed by atoms with Gasteiger partial charge in [-0.2, -0.15) is 0 Å². The second kappa shape index (κ2) is 13.5. The maximum absolute atomic E-state index is 5.26. The highest BCUT2D eigenvalue weighted by molar-refractivity contribution is 5.92. The van der Waals surface area contributed by atoms with Gasteiger partial charge >= 0.3 is 0 Å². The standard InChI is InChI=1S/C51H34N6/c1-4-18-35(19-5-1)49-52-41-25-11-15-29-46(41)55(49)38-32-33-45(57-48-31-17-13-27-43(48)54-51(57)37-22-8-3-9-23-37)40(34-38)39-24-10-14-28-44(39)56-47-30-16-12-26-42(47)53-50(56)36-20-6-2-7-21-36/h1-34H. The van der Waals surface area contributed by atoms with Gasteiger partial charge in [0.25, 0.3) is 0 Å². The van der Waals surface area contributed by atoms with Gasteiger partial charge in [-0.1, -0.05) is 146 Å². The number of nitrogens with zero attached hydrogens (tertiary/aromatic N) is 6. The lowest BCUT2D eigenvalue weighted by molar-refractivity contribution is 1.07. The lowest BCUT2D eigenvalue weighted by atomic mass is 9.99. The summed E-state index contributed by atoms with van der Waals surface area (Å²) in [5.41, 5.74) is 14.1. The van der Waals surface area contributed by atoms with Crippen LogP contribution in [-0.4, -0.2) is 28.7 Å². The van der Waals surface area contributed by atoms with E-state index in [1.54, 1.807) is 0 Å². The summed E-state index contributed by atoms with van der Waals surface area (Å²) >= 11 is 0. The number of fused-ring (bicyclic) bond motifs is 3. The third-order valence-corrected chi connectivity index (χ3v) is 10.7. The summed E-state index contributed by atoms with van der Waals surface area (Å²) in [7, 11) is 0. The Kier molecular flexibility index (Phi) is 7.71. The van der Waals surface area contributed by atoms with Crippen LogP contribution in [0.15, 0.2) is 206 Å². The van der Waals surface area contributed by atoms with Crippen LogP contribution in [0.1, 0.15) is 0 Å². The quantitative estimate of drug-likeness (QED) is 0.164. The zero-order valence-electron chi connectivity index (χ0n) is 30.8. The van der Waals surface area contributed by atoms with Gasteiger partial charge in [-0.3, -0.25) is 13.7 Å². The summed E-state index contributed by atoms with van der Waals surface area (Å²) in [6.07, 6.45) is 0. The van der Waals surface area contributed by atoms with Crippen molar-refractivity contribution in [1.29, 1.82) is 0 Å². The van der Waals surface area contributed by atoms with Crippen molar-refractivity contribution in [3.05, 3.63) is 206 Å². The first-order valence-corrected chi connectivity index (χ1v) is 19.1. The molecule has 0 bridgehead atoms. The van der Waals surface area contributed by atoms with Crippen LogP contribution in [-0.2, 0) is 0 Å². The molecule has 3 heterocycles. The summed E-state index contributed by atoms with van der Waals surface area (Å²) < 4.78 is 6.91. The molecule has 3 aromatic heterocycles. The molecule has 0 spiro atoms. The molecule has 0 fully saturated rings. The Labute approximate surface area is 329 Å². The van der Waals surface area contributed by atoms with Crippen molar-refractivity contribution in [3.63, 3.8) is 0 Å². The van der Waals surface area contributed by atoms with Gasteiger partial charge < -0.3 is 0 Å². The zero-order chi connectivity index (χ0) is 37.7. The average molecular weight is 731 g/mol. The van der Waals surface area contributed by atoms with Gasteiger partial charge in [-0.25, -0.2) is 15.0 Å². The van der Waals surface area contributed by atoms with Crippen molar-refractivity contribution in [2.24, 2.45) is 0 Å². The Bertz CT molecular complexity index is 3230. The lowest BCUT2D eigenvalue weighted by Gasteiger charge is -2.21. The number of para-hydroxylation sites is 7. The Morgan fingerprint density at radius 1 is 0.281 bits per heavy atom. The zero-order valence-corrected chi connectivity index (χ0v) is 30.8. The minimum absolute atomic E-state index is 0.874. The van der Waals surface area contributed by atoms with Crippen LogP contribution in [0.2, 0.25) is 0 Å². The van der Waals surface area contributed by atoms with E-state index in [0.717, 1.165) is 95.5 Å². The minimum atomic E-state index is 0.874. The largest absolute Gasteiger partial charge is 0.292 e. The molecule has 0 saturated carbocycles. The predicted molar refractivity (Wildman–Crippen MR) is 232 cm³/mol. The van der Waals surface area contributed by atoms with Gasteiger partial charge in [0.05, 0.1) is 44.5 Å². The molecule has 0 aliphatic carbocycles. The number of benzene rings is 8. The van der Waals surface area contributed by atoms with Gasteiger partial charge in [-0.15, -0.1) is 0 Å². The Hall–Kier alpha value is -7.83. The molecule has 6 nitrogen and oxygen atoms in total. The molecule has 6 heteroatoms. The molecule has 0 saturated heterocycles. The molecule has 0 N–H and O–H groups in total. The highest BCUT2D eigenvalue weighted by Gasteiger charge is 2.24. The van der Waals surface area contributed by atoms with E-state index >= 15 is 0 Å². The number of imidazole rings is 3. The van der Waals surface area contributed by atoms with Crippen molar-refractivity contribution in [3.8, 4) is 62.4 Å². The number of hydrogen-bond donors (Lipinski definition) is 0. The maximum Gasteiger partial charge on any atom is 0.145 e. The van der Waals surface area contributed by atoms with Crippen molar-refractivity contribution in [1.82, 2.24) is 28.7 Å². The monoisotopic (exact) mass is 730 g/mol. The molecule has 0 aliphatic rings. The number of hydrogen-bond acceptors (Lipinski definition) is 3. The predicted octanol–water partition coefficient (Wildman–Crippen LogP) is 12.4. The van der Waals surface area contributed by atoms with Crippen molar-refractivity contribution >= 4 is 33.1 Å². The number of rotatable bonds is 7. The molecule has 0 radical (unpaired) electrons. The molecule has 0 atom stereocenters. The SMILES string of the molecule is c1ccc(-c2nc3ccccc3n2-c2ccc(-n3c(-c4ccccc4)nc4ccccc43)c(-c3ccccc3-n3c(-c4ccccc4)nc4ccccc43)c2)cc1. The van der Waals surface area contributed by atoms with Crippen LogP contribution in [0.5, 0.6) is 0 Å². The second-order valence-corrected chi connectivity index (χ2v) is 14.1. The van der Waals surface area contributed by atoms with Gasteiger partial charge in [0, 0.05) is 33.5 Å². The van der Waals surface area contributed by atoms with Crippen molar-refractivity contribution in [2.45, 2.75) is 0 Å². The highest BCUT2D eigenvalue weighted by atomic mass is 15.1.